The van der Waals surface area contributed by atoms with Gasteiger partial charge in [-0.3, -0.25) is 4.98 Å². The van der Waals surface area contributed by atoms with Crippen LogP contribution in [0, 0.1) is 0 Å². The average molecular weight is 307 g/mol. The Bertz CT molecular complexity index is 822. The van der Waals surface area contributed by atoms with Crippen molar-refractivity contribution >= 4 is 5.97 Å². The van der Waals surface area contributed by atoms with Gasteiger partial charge in [0.2, 0.25) is 0 Å². The molecule has 1 N–H and O–H groups in total. The number of hydrogen-bond donors (Lipinski definition) is 1. The molecule has 23 heavy (non-hydrogen) atoms. The zero-order valence-electron chi connectivity index (χ0n) is 12.1. The molecule has 2 heterocycles. The van der Waals surface area contributed by atoms with E-state index in [1.54, 1.807) is 12.3 Å². The van der Waals surface area contributed by atoms with E-state index in [-0.39, 0.29) is 12.2 Å². The standard InChI is InChI=1S/C17H13N3O3/c21-17(22)12-6-8-18-15(10-12)14-7-9-19-16(20-14)11-23-13-4-2-1-3-5-13/h1-10H,11H2,(H,21,22). The largest absolute Gasteiger partial charge is 0.486 e. The fraction of sp³-hybridized carbons (Fsp3) is 0.0588. The van der Waals surface area contributed by atoms with Crippen molar-refractivity contribution in [2.45, 2.75) is 6.61 Å². The summed E-state index contributed by atoms with van der Waals surface area (Å²) in [6.07, 6.45) is 3.04. The summed E-state index contributed by atoms with van der Waals surface area (Å²) < 4.78 is 5.61. The van der Waals surface area contributed by atoms with E-state index in [0.29, 0.717) is 17.2 Å². The van der Waals surface area contributed by atoms with E-state index in [1.165, 1.54) is 18.3 Å². The molecule has 0 amide bonds. The molecule has 3 rings (SSSR count). The van der Waals surface area contributed by atoms with Gasteiger partial charge in [-0.2, -0.15) is 0 Å². The molecule has 0 saturated heterocycles. The zero-order chi connectivity index (χ0) is 16.1. The third kappa shape index (κ3) is 3.68. The second-order valence-electron chi connectivity index (χ2n) is 4.69. The summed E-state index contributed by atoms with van der Waals surface area (Å²) in [5.41, 5.74) is 1.19. The topological polar surface area (TPSA) is 85.2 Å². The minimum Gasteiger partial charge on any atom is -0.486 e. The van der Waals surface area contributed by atoms with Gasteiger partial charge in [0.25, 0.3) is 0 Å². The normalized spacial score (nSPS) is 10.3. The molecule has 114 valence electrons. The third-order valence-electron chi connectivity index (χ3n) is 3.09. The molecule has 3 aromatic rings. The lowest BCUT2D eigenvalue weighted by molar-refractivity contribution is 0.0697. The molecular weight excluding hydrogens is 294 g/mol. The number of carboxylic acid groups (broad SMARTS) is 1. The second kappa shape index (κ2) is 6.65. The Hall–Kier alpha value is -3.28. The summed E-state index contributed by atoms with van der Waals surface area (Å²) in [5.74, 6) is 0.219. The van der Waals surface area contributed by atoms with E-state index in [2.05, 4.69) is 15.0 Å². The summed E-state index contributed by atoms with van der Waals surface area (Å²) in [4.78, 5) is 23.7. The van der Waals surface area contributed by atoms with Crippen LogP contribution in [0.2, 0.25) is 0 Å². The van der Waals surface area contributed by atoms with Crippen LogP contribution in [0.15, 0.2) is 60.9 Å². The first kappa shape index (κ1) is 14.6. The Morgan fingerprint density at radius 1 is 1.00 bits per heavy atom. The van der Waals surface area contributed by atoms with Gasteiger partial charge in [-0.05, 0) is 30.3 Å². The molecule has 6 nitrogen and oxygen atoms in total. The van der Waals surface area contributed by atoms with Crippen LogP contribution in [0.5, 0.6) is 5.75 Å². The van der Waals surface area contributed by atoms with Crippen molar-refractivity contribution in [3.8, 4) is 17.1 Å². The van der Waals surface area contributed by atoms with Crippen LogP contribution in [0.3, 0.4) is 0 Å². The number of rotatable bonds is 5. The molecule has 0 aliphatic heterocycles. The van der Waals surface area contributed by atoms with Gasteiger partial charge in [-0.25, -0.2) is 14.8 Å². The van der Waals surface area contributed by atoms with Gasteiger partial charge in [0, 0.05) is 12.4 Å². The van der Waals surface area contributed by atoms with Gasteiger partial charge < -0.3 is 9.84 Å². The molecule has 2 aromatic heterocycles. The van der Waals surface area contributed by atoms with E-state index in [4.69, 9.17) is 9.84 Å². The summed E-state index contributed by atoms with van der Waals surface area (Å²) in [5, 5.41) is 9.04. The van der Waals surface area contributed by atoms with Crippen molar-refractivity contribution in [3.63, 3.8) is 0 Å². The maximum atomic E-state index is 11.0. The number of aromatic carboxylic acids is 1. The Balaban J connectivity index is 1.80. The lowest BCUT2D eigenvalue weighted by atomic mass is 10.2. The highest BCUT2D eigenvalue weighted by atomic mass is 16.5. The Labute approximate surface area is 132 Å². The highest BCUT2D eigenvalue weighted by Crippen LogP contribution is 2.16. The molecule has 0 aliphatic carbocycles. The average Bonchev–Trinajstić information content (AvgIpc) is 2.61. The SMILES string of the molecule is O=C(O)c1ccnc(-c2ccnc(COc3ccccc3)n2)c1. The van der Waals surface area contributed by atoms with Gasteiger partial charge in [0.05, 0.1) is 17.0 Å². The Morgan fingerprint density at radius 2 is 1.78 bits per heavy atom. The van der Waals surface area contributed by atoms with E-state index in [0.717, 1.165) is 5.75 Å². The van der Waals surface area contributed by atoms with Gasteiger partial charge in [-0.1, -0.05) is 18.2 Å². The van der Waals surface area contributed by atoms with Crippen molar-refractivity contribution in [1.29, 1.82) is 0 Å². The van der Waals surface area contributed by atoms with Crippen LogP contribution in [0.1, 0.15) is 16.2 Å². The smallest absolute Gasteiger partial charge is 0.335 e. The zero-order valence-corrected chi connectivity index (χ0v) is 12.1. The van der Waals surface area contributed by atoms with E-state index < -0.39 is 5.97 Å². The van der Waals surface area contributed by atoms with Gasteiger partial charge in [0.15, 0.2) is 5.82 Å². The number of ether oxygens (including phenoxy) is 1. The number of nitrogens with zero attached hydrogens (tertiary/aromatic N) is 3. The van der Waals surface area contributed by atoms with Crippen LogP contribution in [-0.2, 0) is 6.61 Å². The predicted octanol–water partition coefficient (Wildman–Crippen LogP) is 2.82. The molecule has 0 spiro atoms. The quantitative estimate of drug-likeness (QED) is 0.780. The molecule has 1 aromatic carbocycles. The molecule has 0 saturated carbocycles. The van der Waals surface area contributed by atoms with Gasteiger partial charge in [-0.15, -0.1) is 0 Å². The van der Waals surface area contributed by atoms with Crippen LogP contribution >= 0.6 is 0 Å². The number of pyridine rings is 1. The van der Waals surface area contributed by atoms with Crippen LogP contribution in [-0.4, -0.2) is 26.0 Å². The summed E-state index contributed by atoms with van der Waals surface area (Å²) in [6, 6.07) is 14.0. The lowest BCUT2D eigenvalue weighted by Crippen LogP contribution is -2.03. The minimum atomic E-state index is -1.00. The first-order chi connectivity index (χ1) is 11.2. The minimum absolute atomic E-state index is 0.163. The number of para-hydroxylation sites is 1. The molecule has 0 radical (unpaired) electrons. The summed E-state index contributed by atoms with van der Waals surface area (Å²) >= 11 is 0. The van der Waals surface area contributed by atoms with Crippen LogP contribution in [0.25, 0.3) is 11.4 Å². The fourth-order valence-corrected chi connectivity index (χ4v) is 1.98. The van der Waals surface area contributed by atoms with Crippen molar-refractivity contribution in [2.24, 2.45) is 0 Å². The Kier molecular flexibility index (Phi) is 4.24. The van der Waals surface area contributed by atoms with Crippen molar-refractivity contribution in [2.75, 3.05) is 0 Å². The molecule has 0 fully saturated rings. The van der Waals surface area contributed by atoms with Crippen molar-refractivity contribution in [3.05, 3.63) is 72.3 Å². The molecule has 0 aliphatic rings. The number of aromatic nitrogens is 3. The summed E-state index contributed by atoms with van der Waals surface area (Å²) in [7, 11) is 0. The highest BCUT2D eigenvalue weighted by Gasteiger charge is 2.08. The monoisotopic (exact) mass is 307 g/mol. The predicted molar refractivity (Wildman–Crippen MR) is 83.0 cm³/mol. The first-order valence-electron chi connectivity index (χ1n) is 6.92. The third-order valence-corrected chi connectivity index (χ3v) is 3.09. The van der Waals surface area contributed by atoms with Gasteiger partial charge in [0.1, 0.15) is 12.4 Å². The molecule has 0 atom stereocenters. The van der Waals surface area contributed by atoms with Crippen molar-refractivity contribution in [1.82, 2.24) is 15.0 Å². The van der Waals surface area contributed by atoms with E-state index >= 15 is 0 Å². The number of carboxylic acids is 1. The number of benzene rings is 1. The van der Waals surface area contributed by atoms with Gasteiger partial charge >= 0.3 is 5.97 Å². The molecule has 0 unspecified atom stereocenters. The Morgan fingerprint density at radius 3 is 2.57 bits per heavy atom. The summed E-state index contributed by atoms with van der Waals surface area (Å²) in [6.45, 7) is 0.219. The molecule has 0 bridgehead atoms. The molecular formula is C17H13N3O3. The number of hydrogen-bond acceptors (Lipinski definition) is 5. The van der Waals surface area contributed by atoms with E-state index in [9.17, 15) is 4.79 Å². The lowest BCUT2D eigenvalue weighted by Gasteiger charge is -2.06. The first-order valence-corrected chi connectivity index (χ1v) is 6.92. The second-order valence-corrected chi connectivity index (χ2v) is 4.69. The van der Waals surface area contributed by atoms with E-state index in [1.807, 2.05) is 30.3 Å². The van der Waals surface area contributed by atoms with Crippen molar-refractivity contribution < 1.29 is 14.6 Å². The maximum absolute atomic E-state index is 11.0. The molecule has 6 heteroatoms. The number of carbonyl (C=O) groups is 1. The van der Waals surface area contributed by atoms with Crippen LogP contribution < -0.4 is 4.74 Å². The highest BCUT2D eigenvalue weighted by molar-refractivity contribution is 5.88. The fourth-order valence-electron chi connectivity index (χ4n) is 1.98. The van der Waals surface area contributed by atoms with Crippen LogP contribution in [0.4, 0.5) is 0 Å². The maximum Gasteiger partial charge on any atom is 0.335 e.